The molecule has 0 amide bonds. The average molecular weight is 625 g/mol. The minimum absolute atomic E-state index is 1.16. The Bertz CT molecular complexity index is 2540. The lowest BCUT2D eigenvalue weighted by molar-refractivity contribution is 1.41. The lowest BCUT2D eigenvalue weighted by atomic mass is 9.85. The van der Waals surface area contributed by atoms with E-state index in [2.05, 4.69) is 191 Å². The van der Waals surface area contributed by atoms with Gasteiger partial charge in [-0.1, -0.05) is 163 Å². The lowest BCUT2D eigenvalue weighted by Crippen LogP contribution is -1.91. The maximum atomic E-state index is 3.17. The van der Waals surface area contributed by atoms with Crippen LogP contribution in [0.15, 0.2) is 164 Å². The molecule has 9 aromatic rings. The number of benzene rings is 8. The topological polar surface area (TPSA) is 0 Å². The van der Waals surface area contributed by atoms with Gasteiger partial charge in [0.25, 0.3) is 0 Å². The van der Waals surface area contributed by atoms with Crippen molar-refractivity contribution in [2.75, 3.05) is 0 Å². The summed E-state index contributed by atoms with van der Waals surface area (Å²) in [6.45, 7) is 6.39. The van der Waals surface area contributed by atoms with Crippen molar-refractivity contribution < 1.29 is 0 Å². The maximum absolute atomic E-state index is 3.17. The monoisotopic (exact) mass is 624 g/mol. The van der Waals surface area contributed by atoms with Gasteiger partial charge in [0.1, 0.15) is 0 Å². The Balaban J connectivity index is 0.000000209. The molecule has 0 atom stereocenters. The van der Waals surface area contributed by atoms with Gasteiger partial charge >= 0.3 is 0 Å². The van der Waals surface area contributed by atoms with Gasteiger partial charge in [-0.3, -0.25) is 0 Å². The average Bonchev–Trinajstić information content (AvgIpc) is 3.14. The first-order chi connectivity index (χ1) is 24.1. The molecule has 0 spiro atoms. The quantitative estimate of drug-likeness (QED) is 0.136. The van der Waals surface area contributed by atoms with Crippen LogP contribution in [0.5, 0.6) is 0 Å². The summed E-state index contributed by atoms with van der Waals surface area (Å²) in [6.07, 6.45) is 0. The predicted octanol–water partition coefficient (Wildman–Crippen LogP) is 13.5. The first-order valence-corrected chi connectivity index (χ1v) is 16.9. The van der Waals surface area contributed by atoms with Crippen molar-refractivity contribution in [1.29, 1.82) is 0 Å². The molecule has 0 N–H and O–H groups in total. The zero-order chi connectivity index (χ0) is 33.3. The van der Waals surface area contributed by atoms with Crippen molar-refractivity contribution in [3.63, 3.8) is 0 Å². The van der Waals surface area contributed by atoms with Crippen LogP contribution >= 0.6 is 0 Å². The Morgan fingerprint density at radius 3 is 1.57 bits per heavy atom. The van der Waals surface area contributed by atoms with Crippen LogP contribution in [0.25, 0.3) is 76.5 Å². The third-order valence-electron chi connectivity index (χ3n) is 9.70. The fourth-order valence-electron chi connectivity index (χ4n) is 7.30. The number of aryl methyl sites for hydroxylation is 3. The molecular formula is C49H36. The summed E-state index contributed by atoms with van der Waals surface area (Å²) in [4.78, 5) is 0. The summed E-state index contributed by atoms with van der Waals surface area (Å²) in [7, 11) is 0. The van der Waals surface area contributed by atoms with Crippen molar-refractivity contribution >= 4 is 43.1 Å². The standard InChI is InChI=1S/C35H24.C14H12/c1-23-9-8-11-26(21-23)34-29-13-4-6-15-31(29)35(32-16-7-5-14-30(32)34)27-20-19-25-18-17-24-10-2-3-12-28(24)33(25)22-27;1-11-7-3-5-9-13(11)14-10-6-4-8-12(14)2/h2-22H,1H3;3-5,7-9H,1-2H3. The van der Waals surface area contributed by atoms with Gasteiger partial charge in [-0.2, -0.15) is 0 Å². The van der Waals surface area contributed by atoms with Gasteiger partial charge in [-0.25, -0.2) is 0 Å². The van der Waals surface area contributed by atoms with Crippen LogP contribution < -0.4 is 0 Å². The molecule has 0 aromatic heterocycles. The third-order valence-corrected chi connectivity index (χ3v) is 9.70. The fourth-order valence-corrected chi connectivity index (χ4v) is 7.30. The summed E-state index contributed by atoms with van der Waals surface area (Å²) < 4.78 is 0. The van der Waals surface area contributed by atoms with Crippen LogP contribution in [0.1, 0.15) is 16.7 Å². The molecule has 9 aromatic carbocycles. The molecule has 0 aliphatic carbocycles. The van der Waals surface area contributed by atoms with Crippen LogP contribution in [-0.4, -0.2) is 0 Å². The number of rotatable bonds is 3. The second-order valence-corrected chi connectivity index (χ2v) is 12.9. The van der Waals surface area contributed by atoms with Crippen LogP contribution in [0.4, 0.5) is 0 Å². The smallest absolute Gasteiger partial charge is 0.0353 e. The lowest BCUT2D eigenvalue weighted by Gasteiger charge is -2.18. The van der Waals surface area contributed by atoms with Crippen LogP contribution in [0, 0.1) is 32.9 Å². The van der Waals surface area contributed by atoms with E-state index < -0.39 is 0 Å². The Labute approximate surface area is 288 Å². The Kier molecular flexibility index (Phi) is 7.89. The first-order valence-electron chi connectivity index (χ1n) is 16.9. The van der Waals surface area contributed by atoms with Gasteiger partial charge in [0.15, 0.2) is 0 Å². The zero-order valence-electron chi connectivity index (χ0n) is 28.1. The minimum Gasteiger partial charge on any atom is -0.0696 e. The molecule has 0 heteroatoms. The van der Waals surface area contributed by atoms with Gasteiger partial charge in [0.2, 0.25) is 0 Å². The zero-order valence-corrected chi connectivity index (χ0v) is 28.1. The van der Waals surface area contributed by atoms with Gasteiger partial charge < -0.3 is 0 Å². The third kappa shape index (κ3) is 5.61. The predicted molar refractivity (Wildman–Crippen MR) is 211 cm³/mol. The van der Waals surface area contributed by atoms with Gasteiger partial charge in [-0.05, 0) is 121 Å². The van der Waals surface area contributed by atoms with Crippen molar-refractivity contribution in [3.8, 4) is 33.4 Å². The molecule has 0 heterocycles. The highest BCUT2D eigenvalue weighted by Crippen LogP contribution is 2.44. The van der Waals surface area contributed by atoms with Crippen molar-refractivity contribution in [1.82, 2.24) is 0 Å². The van der Waals surface area contributed by atoms with E-state index in [0.29, 0.717) is 0 Å². The second-order valence-electron chi connectivity index (χ2n) is 12.9. The van der Waals surface area contributed by atoms with E-state index in [4.69, 9.17) is 0 Å². The molecule has 0 bridgehead atoms. The molecule has 9 rings (SSSR count). The van der Waals surface area contributed by atoms with Crippen molar-refractivity contribution in [3.05, 3.63) is 193 Å². The van der Waals surface area contributed by atoms with E-state index in [-0.39, 0.29) is 0 Å². The van der Waals surface area contributed by atoms with Crippen LogP contribution in [-0.2, 0) is 0 Å². The van der Waals surface area contributed by atoms with Crippen molar-refractivity contribution in [2.24, 2.45) is 0 Å². The minimum atomic E-state index is 1.16. The normalized spacial score (nSPS) is 11.0. The molecule has 0 fully saturated rings. The summed E-state index contributed by atoms with van der Waals surface area (Å²) in [6, 6.07) is 65.2. The maximum Gasteiger partial charge on any atom is 0.0353 e. The second kappa shape index (κ2) is 12.8. The fraction of sp³-hybridized carbons (Fsp3) is 0.0612. The largest absolute Gasteiger partial charge is 0.0696 e. The molecule has 0 saturated heterocycles. The van der Waals surface area contributed by atoms with E-state index in [0.717, 1.165) is 5.56 Å². The highest BCUT2D eigenvalue weighted by atomic mass is 14.2. The van der Waals surface area contributed by atoms with Gasteiger partial charge in [-0.15, -0.1) is 0 Å². The van der Waals surface area contributed by atoms with E-state index in [1.807, 2.05) is 6.07 Å². The Morgan fingerprint density at radius 2 is 0.939 bits per heavy atom. The van der Waals surface area contributed by atoms with E-state index in [9.17, 15) is 0 Å². The molecule has 0 aliphatic heterocycles. The van der Waals surface area contributed by atoms with Crippen LogP contribution in [0.3, 0.4) is 0 Å². The molecule has 49 heavy (non-hydrogen) atoms. The Morgan fingerprint density at radius 1 is 0.388 bits per heavy atom. The summed E-state index contributed by atoms with van der Waals surface area (Å²) in [5, 5.41) is 10.3. The van der Waals surface area contributed by atoms with Crippen molar-refractivity contribution in [2.45, 2.75) is 20.8 Å². The highest BCUT2D eigenvalue weighted by molar-refractivity contribution is 6.22. The van der Waals surface area contributed by atoms with Gasteiger partial charge in [0.05, 0.1) is 0 Å². The Hall–Kier alpha value is -6.16. The molecule has 0 nitrogen and oxygen atoms in total. The summed E-state index contributed by atoms with van der Waals surface area (Å²) >= 11 is 0. The SMILES string of the molecule is Cc1ccc#cc1-c1ccccc1C.Cc1cccc(-c2c3ccccc3c(-c3ccc4ccc5ccccc5c4c3)c3ccccc23)c1. The van der Waals surface area contributed by atoms with Crippen LogP contribution in [0.2, 0.25) is 0 Å². The number of fused-ring (bicyclic) bond motifs is 5. The van der Waals surface area contributed by atoms with E-state index in [1.165, 1.54) is 87.6 Å². The van der Waals surface area contributed by atoms with E-state index >= 15 is 0 Å². The highest BCUT2D eigenvalue weighted by Gasteiger charge is 2.17. The molecule has 0 unspecified atom stereocenters. The van der Waals surface area contributed by atoms with Gasteiger partial charge in [0, 0.05) is 5.56 Å². The number of hydrogen-bond acceptors (Lipinski definition) is 0. The molecule has 0 radical (unpaired) electrons. The molecule has 0 saturated carbocycles. The first kappa shape index (κ1) is 30.2. The molecular weight excluding hydrogens is 589 g/mol. The summed E-state index contributed by atoms with van der Waals surface area (Å²) in [5.74, 6) is 0. The molecule has 0 aliphatic rings. The van der Waals surface area contributed by atoms with E-state index in [1.54, 1.807) is 0 Å². The number of hydrogen-bond donors (Lipinski definition) is 0. The summed E-state index contributed by atoms with van der Waals surface area (Å²) in [5.41, 5.74) is 11.4. The molecule has 232 valence electrons.